The molecule has 1 atom stereocenters. The second kappa shape index (κ2) is 5.01. The number of piperazine rings is 1. The molecule has 0 bridgehead atoms. The molecule has 1 rings (SSSR count). The predicted molar refractivity (Wildman–Crippen MR) is 52.7 cm³/mol. The van der Waals surface area contributed by atoms with Crippen LogP contribution in [0.5, 0.6) is 0 Å². The van der Waals surface area contributed by atoms with Crippen molar-refractivity contribution in [1.82, 2.24) is 9.80 Å². The fourth-order valence-corrected chi connectivity index (χ4v) is 1.75. The molecule has 16 heavy (non-hydrogen) atoms. The fourth-order valence-electron chi connectivity index (χ4n) is 1.75. The number of likely N-dealkylation sites (N-methyl/N-ethyl adjacent to an activating group) is 1. The van der Waals surface area contributed by atoms with Crippen molar-refractivity contribution in [2.45, 2.75) is 18.6 Å². The third-order valence-electron chi connectivity index (χ3n) is 2.75. The van der Waals surface area contributed by atoms with Crippen molar-refractivity contribution in [1.29, 1.82) is 0 Å². The molecule has 0 aliphatic carbocycles. The molecule has 2 N–H and O–H groups in total. The average molecular weight is 239 g/mol. The topological polar surface area (TPSA) is 49.6 Å². The summed E-state index contributed by atoms with van der Waals surface area (Å²) in [5.41, 5.74) is 5.17. The van der Waals surface area contributed by atoms with Crippen molar-refractivity contribution >= 4 is 5.91 Å². The van der Waals surface area contributed by atoms with E-state index in [1.54, 1.807) is 7.05 Å². The van der Waals surface area contributed by atoms with Gasteiger partial charge in [-0.3, -0.25) is 9.69 Å². The zero-order valence-electron chi connectivity index (χ0n) is 9.13. The Kier molecular flexibility index (Phi) is 4.15. The van der Waals surface area contributed by atoms with Gasteiger partial charge in [-0.2, -0.15) is 13.2 Å². The van der Waals surface area contributed by atoms with Crippen molar-refractivity contribution in [2.24, 2.45) is 5.73 Å². The Hall–Kier alpha value is -0.820. The zero-order chi connectivity index (χ0) is 12.3. The highest BCUT2D eigenvalue weighted by molar-refractivity contribution is 5.78. The van der Waals surface area contributed by atoms with E-state index in [9.17, 15) is 18.0 Å². The van der Waals surface area contributed by atoms with Gasteiger partial charge < -0.3 is 10.6 Å². The lowest BCUT2D eigenvalue weighted by molar-refractivity contribution is -0.190. The summed E-state index contributed by atoms with van der Waals surface area (Å²) in [6.07, 6.45) is -4.49. The maximum Gasteiger partial charge on any atom is 0.404 e. The van der Waals surface area contributed by atoms with E-state index in [-0.39, 0.29) is 32.0 Å². The summed E-state index contributed by atoms with van der Waals surface area (Å²) >= 11 is 0. The molecule has 1 aliphatic heterocycles. The van der Waals surface area contributed by atoms with Crippen LogP contribution < -0.4 is 5.73 Å². The Bertz CT molecular complexity index is 257. The highest BCUT2D eigenvalue weighted by Crippen LogP contribution is 2.27. The van der Waals surface area contributed by atoms with Gasteiger partial charge >= 0.3 is 6.18 Å². The van der Waals surface area contributed by atoms with Gasteiger partial charge in [-0.1, -0.05) is 0 Å². The molecule has 94 valence electrons. The van der Waals surface area contributed by atoms with Crippen LogP contribution >= 0.6 is 0 Å². The molecule has 0 aromatic heterocycles. The Morgan fingerprint density at radius 1 is 1.44 bits per heavy atom. The van der Waals surface area contributed by atoms with Gasteiger partial charge in [-0.15, -0.1) is 0 Å². The number of hydrogen-bond acceptors (Lipinski definition) is 3. The van der Waals surface area contributed by atoms with Crippen LogP contribution in [0, 0.1) is 0 Å². The summed E-state index contributed by atoms with van der Waals surface area (Å²) in [6.45, 7) is 0.355. The molecular formula is C9H16F3N3O. The summed E-state index contributed by atoms with van der Waals surface area (Å²) in [6, 6.07) is -1.60. The Balaban J connectivity index is 2.69. The molecule has 0 spiro atoms. The normalized spacial score (nSPS) is 21.3. The smallest absolute Gasteiger partial charge is 0.343 e. The highest BCUT2D eigenvalue weighted by Gasteiger charge is 2.44. The number of carbonyl (C=O) groups is 1. The predicted octanol–water partition coefficient (Wildman–Crippen LogP) is 0.0401. The minimum absolute atomic E-state index is 0.0370. The number of hydrogen-bond donors (Lipinski definition) is 1. The van der Waals surface area contributed by atoms with Gasteiger partial charge in [0.15, 0.2) is 0 Å². The van der Waals surface area contributed by atoms with E-state index < -0.39 is 12.2 Å². The maximum absolute atomic E-state index is 12.7. The Morgan fingerprint density at radius 2 is 2.06 bits per heavy atom. The van der Waals surface area contributed by atoms with E-state index in [1.807, 2.05) is 0 Å². The first-order chi connectivity index (χ1) is 7.36. The third kappa shape index (κ3) is 3.08. The summed E-state index contributed by atoms with van der Waals surface area (Å²) in [5, 5.41) is 0. The monoisotopic (exact) mass is 239 g/mol. The van der Waals surface area contributed by atoms with E-state index in [1.165, 1.54) is 4.90 Å². The lowest BCUT2D eigenvalue weighted by Gasteiger charge is -2.38. The van der Waals surface area contributed by atoms with Crippen molar-refractivity contribution in [3.63, 3.8) is 0 Å². The summed E-state index contributed by atoms with van der Waals surface area (Å²) in [7, 11) is 1.59. The molecule has 0 aromatic rings. The van der Waals surface area contributed by atoms with Crippen LogP contribution in [-0.2, 0) is 4.79 Å². The second-order valence-electron chi connectivity index (χ2n) is 3.92. The lowest BCUT2D eigenvalue weighted by atomic mass is 10.1. The van der Waals surface area contributed by atoms with Gasteiger partial charge in [-0.05, 0) is 13.0 Å². The molecule has 1 heterocycles. The van der Waals surface area contributed by atoms with Crippen LogP contribution in [0.1, 0.15) is 6.42 Å². The number of alkyl halides is 3. The van der Waals surface area contributed by atoms with Gasteiger partial charge in [0.2, 0.25) is 5.91 Å². The fraction of sp³-hybridized carbons (Fsp3) is 0.889. The minimum Gasteiger partial charge on any atom is -0.343 e. The summed E-state index contributed by atoms with van der Waals surface area (Å²) in [4.78, 5) is 13.9. The Morgan fingerprint density at radius 3 is 2.50 bits per heavy atom. The largest absolute Gasteiger partial charge is 0.404 e. The molecule has 1 amide bonds. The molecule has 1 aliphatic rings. The molecule has 1 unspecified atom stereocenters. The highest BCUT2D eigenvalue weighted by atomic mass is 19.4. The number of halogens is 3. The number of nitrogens with two attached hydrogens (primary N) is 1. The van der Waals surface area contributed by atoms with Crippen LogP contribution in [0.2, 0.25) is 0 Å². The lowest BCUT2D eigenvalue weighted by Crippen LogP contribution is -2.56. The molecule has 0 saturated carbocycles. The SMILES string of the molecule is CN1CCN(C(CCN)C(F)(F)F)CC1=O. The van der Waals surface area contributed by atoms with Crippen LogP contribution in [-0.4, -0.2) is 61.2 Å². The molecule has 0 radical (unpaired) electrons. The van der Waals surface area contributed by atoms with E-state index in [4.69, 9.17) is 5.73 Å². The molecule has 1 fully saturated rings. The molecule has 1 saturated heterocycles. The quantitative estimate of drug-likeness (QED) is 0.756. The van der Waals surface area contributed by atoms with Crippen LogP contribution in [0.25, 0.3) is 0 Å². The maximum atomic E-state index is 12.7. The first-order valence-corrected chi connectivity index (χ1v) is 5.11. The van der Waals surface area contributed by atoms with Crippen molar-refractivity contribution in [3.05, 3.63) is 0 Å². The standard InChI is InChI=1S/C9H16F3N3O/c1-14-4-5-15(6-8(14)16)7(2-3-13)9(10,11)12/h7H,2-6,13H2,1H3. The van der Waals surface area contributed by atoms with Gasteiger partial charge in [0.05, 0.1) is 6.54 Å². The first-order valence-electron chi connectivity index (χ1n) is 5.11. The van der Waals surface area contributed by atoms with Gasteiger partial charge in [-0.25, -0.2) is 0 Å². The van der Waals surface area contributed by atoms with E-state index in [0.29, 0.717) is 6.54 Å². The van der Waals surface area contributed by atoms with Gasteiger partial charge in [0, 0.05) is 20.1 Å². The van der Waals surface area contributed by atoms with E-state index in [2.05, 4.69) is 0 Å². The molecular weight excluding hydrogens is 223 g/mol. The van der Waals surface area contributed by atoms with Crippen LogP contribution in [0.3, 0.4) is 0 Å². The van der Waals surface area contributed by atoms with Gasteiger partial charge in [0.25, 0.3) is 0 Å². The van der Waals surface area contributed by atoms with Crippen LogP contribution in [0.15, 0.2) is 0 Å². The van der Waals surface area contributed by atoms with Crippen molar-refractivity contribution in [2.75, 3.05) is 33.2 Å². The summed E-state index contributed by atoms with van der Waals surface area (Å²) in [5.74, 6) is -0.280. The Labute approximate surface area is 92.2 Å². The van der Waals surface area contributed by atoms with Gasteiger partial charge in [0.1, 0.15) is 6.04 Å². The van der Waals surface area contributed by atoms with Crippen molar-refractivity contribution < 1.29 is 18.0 Å². The van der Waals surface area contributed by atoms with Crippen LogP contribution in [0.4, 0.5) is 13.2 Å². The number of carbonyl (C=O) groups excluding carboxylic acids is 1. The zero-order valence-corrected chi connectivity index (χ0v) is 9.13. The van der Waals surface area contributed by atoms with E-state index in [0.717, 1.165) is 4.90 Å². The molecule has 0 aromatic carbocycles. The summed E-state index contributed by atoms with van der Waals surface area (Å²) < 4.78 is 38.1. The third-order valence-corrected chi connectivity index (χ3v) is 2.75. The number of amides is 1. The average Bonchev–Trinajstić information content (AvgIpc) is 2.17. The number of nitrogens with zero attached hydrogens (tertiary/aromatic N) is 2. The molecule has 4 nitrogen and oxygen atoms in total. The minimum atomic E-state index is -4.32. The van der Waals surface area contributed by atoms with E-state index >= 15 is 0 Å². The number of rotatable bonds is 3. The van der Waals surface area contributed by atoms with Crippen molar-refractivity contribution in [3.8, 4) is 0 Å². The second-order valence-corrected chi connectivity index (χ2v) is 3.92. The molecule has 7 heteroatoms. The first kappa shape index (κ1) is 13.2.